The molecule has 2 N–H and O–H groups in total. The summed E-state index contributed by atoms with van der Waals surface area (Å²) in [5.74, 6) is -0.181. The van der Waals surface area contributed by atoms with Crippen LogP contribution in [0.15, 0.2) is 24.3 Å². The quantitative estimate of drug-likeness (QED) is 0.781. The molecular weight excluding hydrogens is 304 g/mol. The number of imide groups is 1. The highest BCUT2D eigenvalue weighted by Crippen LogP contribution is 2.23. The lowest BCUT2D eigenvalue weighted by Crippen LogP contribution is -3.20. The van der Waals surface area contributed by atoms with Crippen LogP contribution in [0.1, 0.15) is 44.6 Å². The zero-order chi connectivity index (χ0) is 17.1. The largest absolute Gasteiger partial charge is 0.396 e. The zero-order valence-corrected chi connectivity index (χ0v) is 14.3. The number of rotatable bonds is 5. The second-order valence-electron chi connectivity index (χ2n) is 6.87. The number of benzene rings is 1. The second kappa shape index (κ2) is 7.45. The number of carbonyl (C=O) groups is 2. The van der Waals surface area contributed by atoms with Crippen molar-refractivity contribution in [1.29, 1.82) is 0 Å². The second-order valence-corrected chi connectivity index (χ2v) is 6.87. The number of aliphatic hydroxyl groups excluding tert-OH is 1. The van der Waals surface area contributed by atoms with E-state index in [-0.39, 0.29) is 36.9 Å². The van der Waals surface area contributed by atoms with Crippen LogP contribution in [0.3, 0.4) is 0 Å². The molecule has 0 spiro atoms. The summed E-state index contributed by atoms with van der Waals surface area (Å²) in [6.07, 6.45) is 5.18. The van der Waals surface area contributed by atoms with Crippen molar-refractivity contribution in [3.05, 3.63) is 29.8 Å². The molecule has 24 heavy (non-hydrogen) atoms. The Morgan fingerprint density at radius 3 is 2.62 bits per heavy atom. The normalized spacial score (nSPS) is 27.8. The Balaban J connectivity index is 1.79. The van der Waals surface area contributed by atoms with Gasteiger partial charge in [-0.05, 0) is 43.4 Å². The molecule has 1 unspecified atom stereocenters. The van der Waals surface area contributed by atoms with Gasteiger partial charge < -0.3 is 10.0 Å². The first-order chi connectivity index (χ1) is 11.7. The third-order valence-electron chi connectivity index (χ3n) is 5.47. The van der Waals surface area contributed by atoms with Gasteiger partial charge in [-0.3, -0.25) is 9.59 Å². The number of nitrogens with one attached hydrogen (secondary N) is 1. The molecule has 2 aliphatic heterocycles. The van der Waals surface area contributed by atoms with Crippen molar-refractivity contribution in [2.75, 3.05) is 18.1 Å². The highest BCUT2D eigenvalue weighted by atomic mass is 16.3. The Hall–Kier alpha value is -1.72. The molecule has 2 fully saturated rings. The molecule has 2 heterocycles. The molecule has 130 valence electrons. The van der Waals surface area contributed by atoms with E-state index in [1.807, 2.05) is 24.3 Å². The van der Waals surface area contributed by atoms with Crippen molar-refractivity contribution in [3.63, 3.8) is 0 Å². The van der Waals surface area contributed by atoms with E-state index < -0.39 is 0 Å². The summed E-state index contributed by atoms with van der Waals surface area (Å²) in [4.78, 5) is 28.0. The van der Waals surface area contributed by atoms with E-state index in [2.05, 4.69) is 6.92 Å². The summed E-state index contributed by atoms with van der Waals surface area (Å²) < 4.78 is 0. The van der Waals surface area contributed by atoms with Gasteiger partial charge in [-0.25, -0.2) is 4.90 Å². The Morgan fingerprint density at radius 2 is 1.96 bits per heavy atom. The van der Waals surface area contributed by atoms with E-state index in [0.29, 0.717) is 12.1 Å². The molecule has 0 radical (unpaired) electrons. The van der Waals surface area contributed by atoms with Crippen molar-refractivity contribution in [1.82, 2.24) is 0 Å². The predicted octanol–water partition coefficient (Wildman–Crippen LogP) is 0.701. The molecule has 2 saturated heterocycles. The average molecular weight is 331 g/mol. The molecule has 2 amide bonds. The van der Waals surface area contributed by atoms with Crippen LogP contribution in [0.2, 0.25) is 0 Å². The van der Waals surface area contributed by atoms with Crippen molar-refractivity contribution >= 4 is 17.5 Å². The predicted molar refractivity (Wildman–Crippen MR) is 91.9 cm³/mol. The Morgan fingerprint density at radius 1 is 1.21 bits per heavy atom. The molecule has 0 aliphatic carbocycles. The van der Waals surface area contributed by atoms with Gasteiger partial charge in [-0.1, -0.05) is 19.1 Å². The number of anilines is 1. The number of quaternary nitrogens is 1. The summed E-state index contributed by atoms with van der Waals surface area (Å²) in [6.45, 7) is 3.14. The topological polar surface area (TPSA) is 62.1 Å². The third kappa shape index (κ3) is 3.23. The van der Waals surface area contributed by atoms with Gasteiger partial charge in [0.2, 0.25) is 5.91 Å². The van der Waals surface area contributed by atoms with Crippen LogP contribution >= 0.6 is 0 Å². The maximum absolute atomic E-state index is 12.9. The minimum Gasteiger partial charge on any atom is -0.396 e. The molecule has 0 saturated carbocycles. The lowest BCUT2D eigenvalue weighted by molar-refractivity contribution is -0.945. The first-order valence-corrected chi connectivity index (χ1v) is 9.08. The number of hydrogen-bond donors (Lipinski definition) is 2. The van der Waals surface area contributed by atoms with Crippen LogP contribution in [0.25, 0.3) is 0 Å². The lowest BCUT2D eigenvalue weighted by Gasteiger charge is -2.35. The van der Waals surface area contributed by atoms with Gasteiger partial charge in [0.1, 0.15) is 0 Å². The van der Waals surface area contributed by atoms with Gasteiger partial charge in [0.15, 0.2) is 6.04 Å². The van der Waals surface area contributed by atoms with E-state index in [4.69, 9.17) is 0 Å². The fourth-order valence-corrected chi connectivity index (χ4v) is 4.13. The van der Waals surface area contributed by atoms with Crippen molar-refractivity contribution in [2.24, 2.45) is 0 Å². The minimum absolute atomic E-state index is 0.0795. The lowest BCUT2D eigenvalue weighted by atomic mass is 9.97. The van der Waals surface area contributed by atoms with Crippen LogP contribution in [0.5, 0.6) is 0 Å². The van der Waals surface area contributed by atoms with E-state index in [9.17, 15) is 14.7 Å². The summed E-state index contributed by atoms with van der Waals surface area (Å²) in [7, 11) is 0. The fraction of sp³-hybridized carbons (Fsp3) is 0.579. The van der Waals surface area contributed by atoms with Gasteiger partial charge in [0, 0.05) is 13.0 Å². The first kappa shape index (κ1) is 17.1. The monoisotopic (exact) mass is 331 g/mol. The number of carbonyl (C=O) groups excluding carboxylic acids is 2. The van der Waals surface area contributed by atoms with Gasteiger partial charge in [-0.15, -0.1) is 0 Å². The van der Waals surface area contributed by atoms with Crippen molar-refractivity contribution in [2.45, 2.75) is 57.5 Å². The number of piperidine rings is 1. The molecule has 0 aromatic heterocycles. The van der Waals surface area contributed by atoms with E-state index in [0.717, 1.165) is 32.2 Å². The highest BCUT2D eigenvalue weighted by molar-refractivity contribution is 6.21. The Bertz CT molecular complexity index is 597. The van der Waals surface area contributed by atoms with Crippen LogP contribution in [-0.4, -0.2) is 42.2 Å². The number of nitrogens with zero attached hydrogens (tertiary/aromatic N) is 1. The number of hydrogen-bond acceptors (Lipinski definition) is 3. The highest BCUT2D eigenvalue weighted by Gasteiger charge is 2.48. The van der Waals surface area contributed by atoms with Gasteiger partial charge in [0.05, 0.1) is 24.7 Å². The molecule has 1 aromatic rings. The summed E-state index contributed by atoms with van der Waals surface area (Å²) in [5, 5.41) is 9.30. The Labute approximate surface area is 143 Å². The first-order valence-electron chi connectivity index (χ1n) is 9.08. The van der Waals surface area contributed by atoms with Crippen molar-refractivity contribution < 1.29 is 19.6 Å². The summed E-state index contributed by atoms with van der Waals surface area (Å²) in [5.41, 5.74) is 1.87. The molecule has 3 atom stereocenters. The maximum Gasteiger partial charge on any atom is 0.292 e. The summed E-state index contributed by atoms with van der Waals surface area (Å²) in [6, 6.07) is 7.69. The van der Waals surface area contributed by atoms with Gasteiger partial charge in [0.25, 0.3) is 5.91 Å². The smallest absolute Gasteiger partial charge is 0.292 e. The van der Waals surface area contributed by atoms with Crippen LogP contribution < -0.4 is 9.80 Å². The SMILES string of the molecule is CCc1ccc(N2C(=O)C[C@H]([NH+]3CCCC[C@@H]3CCO)C2=O)cc1. The number of amides is 2. The fourth-order valence-electron chi connectivity index (χ4n) is 4.13. The van der Waals surface area contributed by atoms with Crippen LogP contribution in [-0.2, 0) is 16.0 Å². The standard InChI is InChI=1S/C19H26N2O3/c1-2-14-6-8-16(9-7-14)21-18(23)13-17(19(21)24)20-11-4-3-5-15(20)10-12-22/h6-9,15,17,22H,2-5,10-13H2,1H3/p+1/t15-,17+/m1/s1. The van der Waals surface area contributed by atoms with Crippen LogP contribution in [0.4, 0.5) is 5.69 Å². The number of aryl methyl sites for hydroxylation is 1. The number of likely N-dealkylation sites (tertiary alicyclic amines) is 1. The Kier molecular flexibility index (Phi) is 5.31. The molecule has 2 aliphatic rings. The van der Waals surface area contributed by atoms with Gasteiger partial charge in [-0.2, -0.15) is 0 Å². The molecular formula is C19H27N2O3+. The molecule has 1 aromatic carbocycles. The van der Waals surface area contributed by atoms with Crippen LogP contribution in [0, 0.1) is 0 Å². The van der Waals surface area contributed by atoms with Crippen molar-refractivity contribution in [3.8, 4) is 0 Å². The molecule has 5 nitrogen and oxygen atoms in total. The van der Waals surface area contributed by atoms with E-state index in [1.54, 1.807) is 0 Å². The van der Waals surface area contributed by atoms with E-state index >= 15 is 0 Å². The third-order valence-corrected chi connectivity index (χ3v) is 5.47. The minimum atomic E-state index is -0.291. The van der Waals surface area contributed by atoms with Gasteiger partial charge >= 0.3 is 0 Å². The van der Waals surface area contributed by atoms with E-state index in [1.165, 1.54) is 15.4 Å². The zero-order valence-electron chi connectivity index (χ0n) is 14.3. The molecule has 3 rings (SSSR count). The molecule has 5 heteroatoms. The molecule has 0 bridgehead atoms. The number of aliphatic hydroxyl groups is 1. The average Bonchev–Trinajstić information content (AvgIpc) is 2.90. The maximum atomic E-state index is 12.9. The summed E-state index contributed by atoms with van der Waals surface area (Å²) >= 11 is 0.